The number of nitrogens with two attached hydrogens (primary N) is 1. The van der Waals surface area contributed by atoms with Crippen LogP contribution in [0.2, 0.25) is 0 Å². The minimum atomic E-state index is 0.571. The SMILES string of the molecule is Nc1nc2ccc(N=Nc3ccccc3)cc2s1. The van der Waals surface area contributed by atoms with Gasteiger partial charge in [0.25, 0.3) is 0 Å². The molecule has 3 rings (SSSR count). The molecule has 0 unspecified atom stereocenters. The summed E-state index contributed by atoms with van der Waals surface area (Å²) in [5, 5.41) is 8.94. The first kappa shape index (κ1) is 10.9. The number of benzene rings is 2. The van der Waals surface area contributed by atoms with Crippen molar-refractivity contribution in [2.24, 2.45) is 10.2 Å². The van der Waals surface area contributed by atoms with Crippen LogP contribution < -0.4 is 5.73 Å². The zero-order chi connectivity index (χ0) is 12.4. The smallest absolute Gasteiger partial charge is 0.181 e. The first-order valence-corrected chi connectivity index (χ1v) is 6.26. The predicted molar refractivity (Wildman–Crippen MR) is 74.7 cm³/mol. The number of rotatable bonds is 2. The maximum absolute atomic E-state index is 5.66. The normalized spacial score (nSPS) is 11.3. The molecule has 88 valence electrons. The Morgan fingerprint density at radius 2 is 1.72 bits per heavy atom. The number of azo groups is 1. The van der Waals surface area contributed by atoms with E-state index < -0.39 is 0 Å². The molecule has 1 heterocycles. The van der Waals surface area contributed by atoms with E-state index >= 15 is 0 Å². The fourth-order valence-electron chi connectivity index (χ4n) is 1.60. The largest absolute Gasteiger partial charge is 0.375 e. The molecular formula is C13H10N4S. The van der Waals surface area contributed by atoms with Crippen molar-refractivity contribution in [1.82, 2.24) is 4.98 Å². The second kappa shape index (κ2) is 4.54. The lowest BCUT2D eigenvalue weighted by Gasteiger charge is -1.93. The fourth-order valence-corrected chi connectivity index (χ4v) is 2.37. The quantitative estimate of drug-likeness (QED) is 0.693. The summed E-state index contributed by atoms with van der Waals surface area (Å²) in [6.45, 7) is 0. The van der Waals surface area contributed by atoms with Gasteiger partial charge in [-0.3, -0.25) is 0 Å². The average Bonchev–Trinajstić information content (AvgIpc) is 2.77. The number of hydrogen-bond donors (Lipinski definition) is 1. The number of thiazole rings is 1. The van der Waals surface area contributed by atoms with Crippen molar-refractivity contribution >= 4 is 38.1 Å². The fraction of sp³-hybridized carbons (Fsp3) is 0. The third kappa shape index (κ3) is 2.21. The third-order valence-electron chi connectivity index (χ3n) is 2.43. The summed E-state index contributed by atoms with van der Waals surface area (Å²) in [5.41, 5.74) is 8.19. The van der Waals surface area contributed by atoms with E-state index in [9.17, 15) is 0 Å². The van der Waals surface area contributed by atoms with Crippen molar-refractivity contribution in [3.8, 4) is 0 Å². The molecule has 0 amide bonds. The van der Waals surface area contributed by atoms with Crippen LogP contribution in [0.1, 0.15) is 0 Å². The molecule has 0 saturated heterocycles. The standard InChI is InChI=1S/C13H10N4S/c14-13-15-11-7-6-10(8-12(11)18-13)17-16-9-4-2-1-3-5-9/h1-8H,(H2,14,15). The maximum Gasteiger partial charge on any atom is 0.181 e. The van der Waals surface area contributed by atoms with Gasteiger partial charge in [0.15, 0.2) is 5.13 Å². The van der Waals surface area contributed by atoms with E-state index in [1.807, 2.05) is 48.5 Å². The number of nitrogens with zero attached hydrogens (tertiary/aromatic N) is 3. The molecule has 0 radical (unpaired) electrons. The average molecular weight is 254 g/mol. The Labute approximate surface area is 108 Å². The summed E-state index contributed by atoms with van der Waals surface area (Å²) in [5.74, 6) is 0. The van der Waals surface area contributed by atoms with E-state index in [0.29, 0.717) is 5.13 Å². The van der Waals surface area contributed by atoms with Gasteiger partial charge in [0.05, 0.1) is 21.6 Å². The zero-order valence-electron chi connectivity index (χ0n) is 9.45. The van der Waals surface area contributed by atoms with Crippen molar-refractivity contribution in [3.63, 3.8) is 0 Å². The van der Waals surface area contributed by atoms with E-state index in [4.69, 9.17) is 5.73 Å². The third-order valence-corrected chi connectivity index (χ3v) is 3.27. The molecule has 0 aliphatic rings. The lowest BCUT2D eigenvalue weighted by molar-refractivity contribution is 1.23. The molecule has 0 aliphatic heterocycles. The molecule has 5 heteroatoms. The number of aromatic nitrogens is 1. The molecule has 0 fully saturated rings. The summed E-state index contributed by atoms with van der Waals surface area (Å²) in [4.78, 5) is 4.20. The van der Waals surface area contributed by atoms with Crippen LogP contribution in [0.4, 0.5) is 16.5 Å². The minimum absolute atomic E-state index is 0.571. The number of hydrogen-bond acceptors (Lipinski definition) is 5. The summed E-state index contributed by atoms with van der Waals surface area (Å²) in [6, 6.07) is 15.4. The van der Waals surface area contributed by atoms with Gasteiger partial charge < -0.3 is 5.73 Å². The molecule has 18 heavy (non-hydrogen) atoms. The summed E-state index contributed by atoms with van der Waals surface area (Å²) in [7, 11) is 0. The van der Waals surface area contributed by atoms with E-state index in [0.717, 1.165) is 21.6 Å². The topological polar surface area (TPSA) is 63.6 Å². The van der Waals surface area contributed by atoms with Crippen LogP contribution >= 0.6 is 11.3 Å². The predicted octanol–water partition coefficient (Wildman–Crippen LogP) is 4.29. The molecule has 0 bridgehead atoms. The highest BCUT2D eigenvalue weighted by Gasteiger charge is 2.01. The van der Waals surface area contributed by atoms with E-state index in [-0.39, 0.29) is 0 Å². The van der Waals surface area contributed by atoms with Crippen molar-refractivity contribution in [3.05, 3.63) is 48.5 Å². The van der Waals surface area contributed by atoms with Crippen LogP contribution in [0, 0.1) is 0 Å². The van der Waals surface area contributed by atoms with Gasteiger partial charge in [-0.25, -0.2) is 4.98 Å². The Morgan fingerprint density at radius 1 is 0.944 bits per heavy atom. The van der Waals surface area contributed by atoms with Gasteiger partial charge in [-0.05, 0) is 30.3 Å². The Balaban J connectivity index is 1.93. The minimum Gasteiger partial charge on any atom is -0.375 e. The number of anilines is 1. The van der Waals surface area contributed by atoms with Crippen molar-refractivity contribution < 1.29 is 0 Å². The van der Waals surface area contributed by atoms with Gasteiger partial charge in [0, 0.05) is 0 Å². The summed E-state index contributed by atoms with van der Waals surface area (Å²) < 4.78 is 1.03. The summed E-state index contributed by atoms with van der Waals surface area (Å²) in [6.07, 6.45) is 0. The highest BCUT2D eigenvalue weighted by atomic mass is 32.1. The molecule has 2 N–H and O–H groups in total. The summed E-state index contributed by atoms with van der Waals surface area (Å²) >= 11 is 1.45. The van der Waals surface area contributed by atoms with Gasteiger partial charge in [-0.1, -0.05) is 29.5 Å². The molecule has 2 aromatic carbocycles. The Bertz CT molecular complexity index is 703. The molecule has 1 aromatic heterocycles. The highest BCUT2D eigenvalue weighted by molar-refractivity contribution is 7.22. The monoisotopic (exact) mass is 254 g/mol. The van der Waals surface area contributed by atoms with Gasteiger partial charge in [0.1, 0.15) is 0 Å². The molecule has 3 aromatic rings. The maximum atomic E-state index is 5.66. The molecule has 0 aliphatic carbocycles. The number of nitrogen functional groups attached to an aromatic ring is 1. The highest BCUT2D eigenvalue weighted by Crippen LogP contribution is 2.28. The van der Waals surface area contributed by atoms with Crippen LogP contribution in [-0.2, 0) is 0 Å². The molecule has 0 atom stereocenters. The van der Waals surface area contributed by atoms with Gasteiger partial charge >= 0.3 is 0 Å². The zero-order valence-corrected chi connectivity index (χ0v) is 10.3. The van der Waals surface area contributed by atoms with Crippen molar-refractivity contribution in [1.29, 1.82) is 0 Å². The molecule has 4 nitrogen and oxygen atoms in total. The molecule has 0 spiro atoms. The molecule has 0 saturated carbocycles. The number of fused-ring (bicyclic) bond motifs is 1. The van der Waals surface area contributed by atoms with Gasteiger partial charge in [-0.2, -0.15) is 10.2 Å². The van der Waals surface area contributed by atoms with Crippen LogP contribution in [0.5, 0.6) is 0 Å². The first-order chi connectivity index (χ1) is 8.81. The lowest BCUT2D eigenvalue weighted by atomic mass is 10.3. The lowest BCUT2D eigenvalue weighted by Crippen LogP contribution is -1.78. The second-order valence-electron chi connectivity index (χ2n) is 3.74. The second-order valence-corrected chi connectivity index (χ2v) is 4.80. The van der Waals surface area contributed by atoms with Crippen LogP contribution in [0.3, 0.4) is 0 Å². The van der Waals surface area contributed by atoms with E-state index in [1.54, 1.807) is 0 Å². The van der Waals surface area contributed by atoms with Crippen LogP contribution in [0.15, 0.2) is 58.8 Å². The van der Waals surface area contributed by atoms with E-state index in [1.165, 1.54) is 11.3 Å². The van der Waals surface area contributed by atoms with Crippen LogP contribution in [-0.4, -0.2) is 4.98 Å². The van der Waals surface area contributed by atoms with Crippen molar-refractivity contribution in [2.75, 3.05) is 5.73 Å². The van der Waals surface area contributed by atoms with Gasteiger partial charge in [-0.15, -0.1) is 0 Å². The molecular weight excluding hydrogens is 244 g/mol. The Morgan fingerprint density at radius 3 is 2.56 bits per heavy atom. The first-order valence-electron chi connectivity index (χ1n) is 5.44. The van der Waals surface area contributed by atoms with Gasteiger partial charge in [0.2, 0.25) is 0 Å². The van der Waals surface area contributed by atoms with Crippen molar-refractivity contribution in [2.45, 2.75) is 0 Å². The Kier molecular flexibility index (Phi) is 2.74. The Hall–Kier alpha value is -2.27. The van der Waals surface area contributed by atoms with Crippen LogP contribution in [0.25, 0.3) is 10.2 Å². The van der Waals surface area contributed by atoms with E-state index in [2.05, 4.69) is 15.2 Å².